The van der Waals surface area contributed by atoms with Gasteiger partial charge in [0.15, 0.2) is 0 Å². The van der Waals surface area contributed by atoms with Crippen molar-refractivity contribution in [3.05, 3.63) is 0 Å². The Hall–Kier alpha value is -3.95. The van der Waals surface area contributed by atoms with Crippen LogP contribution in [0.2, 0.25) is 0 Å². The van der Waals surface area contributed by atoms with Crippen molar-refractivity contribution >= 4 is 41.7 Å². The lowest BCUT2D eigenvalue weighted by Crippen LogP contribution is -2.53. The molecule has 58 heavy (non-hydrogen) atoms. The van der Waals surface area contributed by atoms with Crippen LogP contribution in [-0.4, -0.2) is 95.3 Å². The lowest BCUT2D eigenvalue weighted by Gasteiger charge is -2.27. The van der Waals surface area contributed by atoms with Crippen molar-refractivity contribution < 1.29 is 52.5 Å². The molecule has 4 amide bonds. The third-order valence-corrected chi connectivity index (χ3v) is 7.82. The van der Waals surface area contributed by atoms with E-state index in [0.29, 0.717) is 58.0 Å². The van der Waals surface area contributed by atoms with Crippen molar-refractivity contribution in [1.29, 1.82) is 0 Å². The fraction of sp³-hybridized carbons (Fsp3) is 0.833. The van der Waals surface area contributed by atoms with Crippen molar-refractivity contribution in [3.8, 4) is 0 Å². The van der Waals surface area contributed by atoms with Gasteiger partial charge in [-0.25, -0.2) is 19.2 Å². The summed E-state index contributed by atoms with van der Waals surface area (Å²) < 4.78 is 21.8. The topological polar surface area (TPSA) is 231 Å². The van der Waals surface area contributed by atoms with Crippen LogP contribution >= 0.6 is 0 Å². The van der Waals surface area contributed by atoms with Gasteiger partial charge in [0.25, 0.3) is 0 Å². The first-order chi connectivity index (χ1) is 26.6. The fourth-order valence-corrected chi connectivity index (χ4v) is 5.35. The molecule has 0 bridgehead atoms. The standard InChI is InChI=1S/C42H77N5O11/c1-39(2,3)55-34(50)26-25-31(37(53)58-42(10,11)12)47-38(54)46-30(36(52)57-41(7,8)9)22-18-20-28-44-32(48)23-15-13-14-16-24-33(49)45-29(21-17-19-27-43)35(51)56-40(4,5)6/h29-31H,13-28,43H2,1-12H3,(H,44,48)(H,45,49)(H2,46,47,54)/t29?,30-,31-/m0/s1. The predicted molar refractivity (Wildman–Crippen MR) is 221 cm³/mol. The quantitative estimate of drug-likeness (QED) is 0.0442. The van der Waals surface area contributed by atoms with Crippen LogP contribution in [0.5, 0.6) is 0 Å². The number of nitrogens with one attached hydrogen (secondary N) is 4. The third kappa shape index (κ3) is 30.2. The maximum Gasteiger partial charge on any atom is 0.329 e. The molecule has 336 valence electrons. The first-order valence-corrected chi connectivity index (χ1v) is 20.8. The first-order valence-electron chi connectivity index (χ1n) is 20.8. The summed E-state index contributed by atoms with van der Waals surface area (Å²) in [6.45, 7) is 21.6. The summed E-state index contributed by atoms with van der Waals surface area (Å²) in [5.41, 5.74) is 2.52. The zero-order valence-electron chi connectivity index (χ0n) is 37.6. The summed E-state index contributed by atoms with van der Waals surface area (Å²) in [6.07, 6.45) is 6.22. The SMILES string of the molecule is CC(C)(C)OC(=O)CC[C@H](NC(=O)N[C@@H](CCCCNC(=O)CCCCCCC(=O)NC(CCCCN)C(=O)OC(C)(C)C)C(=O)OC(C)(C)C)C(=O)OC(C)(C)C. The van der Waals surface area contributed by atoms with Gasteiger partial charge in [0.05, 0.1) is 0 Å². The number of ether oxygens (including phenoxy) is 4. The zero-order valence-corrected chi connectivity index (χ0v) is 37.6. The molecule has 0 heterocycles. The highest BCUT2D eigenvalue weighted by molar-refractivity contribution is 5.88. The third-order valence-electron chi connectivity index (χ3n) is 7.82. The molecule has 0 rings (SSSR count). The fourth-order valence-electron chi connectivity index (χ4n) is 5.35. The van der Waals surface area contributed by atoms with Crippen molar-refractivity contribution in [3.63, 3.8) is 0 Å². The Bertz CT molecular complexity index is 1310. The van der Waals surface area contributed by atoms with E-state index < -0.39 is 70.4 Å². The average Bonchev–Trinajstić information content (AvgIpc) is 3.03. The van der Waals surface area contributed by atoms with E-state index in [9.17, 15) is 33.6 Å². The minimum Gasteiger partial charge on any atom is -0.460 e. The highest BCUT2D eigenvalue weighted by Gasteiger charge is 2.31. The van der Waals surface area contributed by atoms with Crippen LogP contribution in [0, 0.1) is 0 Å². The molecule has 0 aliphatic carbocycles. The molecular weight excluding hydrogens is 750 g/mol. The monoisotopic (exact) mass is 828 g/mol. The second kappa shape index (κ2) is 26.2. The zero-order chi connectivity index (χ0) is 44.7. The average molecular weight is 828 g/mol. The lowest BCUT2D eigenvalue weighted by molar-refractivity contribution is -0.160. The molecule has 0 aliphatic rings. The summed E-state index contributed by atoms with van der Waals surface area (Å²) in [6, 6.07) is -3.77. The number of hydrogen-bond donors (Lipinski definition) is 5. The van der Waals surface area contributed by atoms with E-state index in [-0.39, 0.29) is 37.5 Å². The summed E-state index contributed by atoms with van der Waals surface area (Å²) >= 11 is 0. The van der Waals surface area contributed by atoms with Gasteiger partial charge >= 0.3 is 29.9 Å². The number of carbonyl (C=O) groups is 7. The number of nitrogens with two attached hydrogens (primary N) is 1. The Morgan fingerprint density at radius 2 is 0.845 bits per heavy atom. The van der Waals surface area contributed by atoms with Crippen molar-refractivity contribution in [1.82, 2.24) is 21.3 Å². The summed E-state index contributed by atoms with van der Waals surface area (Å²) in [5, 5.41) is 10.8. The van der Waals surface area contributed by atoms with E-state index in [1.54, 1.807) is 83.1 Å². The van der Waals surface area contributed by atoms with E-state index in [0.717, 1.165) is 19.3 Å². The van der Waals surface area contributed by atoms with E-state index in [1.807, 2.05) is 0 Å². The van der Waals surface area contributed by atoms with Crippen LogP contribution in [0.15, 0.2) is 0 Å². The van der Waals surface area contributed by atoms with E-state index >= 15 is 0 Å². The molecule has 6 N–H and O–H groups in total. The number of urea groups is 1. The van der Waals surface area contributed by atoms with Gasteiger partial charge in [-0.3, -0.25) is 14.4 Å². The minimum atomic E-state index is -1.19. The normalized spacial score (nSPS) is 13.6. The number of amides is 4. The minimum absolute atomic E-state index is 0.0841. The van der Waals surface area contributed by atoms with Gasteiger partial charge in [0.1, 0.15) is 40.5 Å². The van der Waals surface area contributed by atoms with Crippen molar-refractivity contribution in [2.75, 3.05) is 13.1 Å². The molecule has 0 spiro atoms. The lowest BCUT2D eigenvalue weighted by atomic mass is 10.1. The maximum atomic E-state index is 13.2. The van der Waals surface area contributed by atoms with Gasteiger partial charge in [0, 0.05) is 25.8 Å². The number of rotatable bonds is 25. The van der Waals surface area contributed by atoms with Gasteiger partial charge < -0.3 is 45.9 Å². The summed E-state index contributed by atoms with van der Waals surface area (Å²) in [4.78, 5) is 89.2. The van der Waals surface area contributed by atoms with Crippen molar-refractivity contribution in [2.45, 2.75) is 214 Å². The largest absolute Gasteiger partial charge is 0.460 e. The smallest absolute Gasteiger partial charge is 0.329 e. The molecular formula is C42H77N5O11. The van der Waals surface area contributed by atoms with Crippen LogP contribution in [0.1, 0.15) is 173 Å². The van der Waals surface area contributed by atoms with Gasteiger partial charge in [-0.2, -0.15) is 0 Å². The van der Waals surface area contributed by atoms with Crippen LogP contribution in [0.3, 0.4) is 0 Å². The van der Waals surface area contributed by atoms with Gasteiger partial charge in [0.2, 0.25) is 11.8 Å². The molecule has 0 aliphatic heterocycles. The molecule has 16 heteroatoms. The Morgan fingerprint density at radius 1 is 0.448 bits per heavy atom. The molecule has 0 aromatic heterocycles. The molecule has 3 atom stereocenters. The highest BCUT2D eigenvalue weighted by atomic mass is 16.6. The number of hydrogen-bond acceptors (Lipinski definition) is 12. The predicted octanol–water partition coefficient (Wildman–Crippen LogP) is 5.41. The summed E-state index contributed by atoms with van der Waals surface area (Å²) in [7, 11) is 0. The van der Waals surface area contributed by atoms with E-state index in [4.69, 9.17) is 24.7 Å². The number of carbonyl (C=O) groups excluding carboxylic acids is 7. The van der Waals surface area contributed by atoms with Crippen LogP contribution in [0.25, 0.3) is 0 Å². The first kappa shape index (κ1) is 54.0. The number of esters is 4. The Labute approximate surface area is 347 Å². The van der Waals surface area contributed by atoms with Crippen LogP contribution in [-0.2, 0) is 47.7 Å². The van der Waals surface area contributed by atoms with E-state index in [2.05, 4.69) is 21.3 Å². The van der Waals surface area contributed by atoms with Gasteiger partial charge in [-0.05, 0) is 147 Å². The van der Waals surface area contributed by atoms with Gasteiger partial charge in [-0.15, -0.1) is 0 Å². The van der Waals surface area contributed by atoms with E-state index in [1.165, 1.54) is 0 Å². The number of unbranched alkanes of at least 4 members (excludes halogenated alkanes) is 5. The second-order valence-corrected chi connectivity index (χ2v) is 18.6. The Kier molecular flexibility index (Phi) is 24.4. The van der Waals surface area contributed by atoms with Crippen LogP contribution < -0.4 is 27.0 Å². The van der Waals surface area contributed by atoms with Crippen molar-refractivity contribution in [2.24, 2.45) is 5.73 Å². The van der Waals surface area contributed by atoms with Gasteiger partial charge in [-0.1, -0.05) is 12.8 Å². The summed E-state index contributed by atoms with van der Waals surface area (Å²) in [5.74, 6) is -2.72. The molecule has 0 aromatic rings. The molecule has 0 fully saturated rings. The molecule has 16 nitrogen and oxygen atoms in total. The van der Waals surface area contributed by atoms with Crippen LogP contribution in [0.4, 0.5) is 4.79 Å². The molecule has 0 aromatic carbocycles. The molecule has 1 unspecified atom stereocenters. The second-order valence-electron chi connectivity index (χ2n) is 18.6. The molecule has 0 radical (unpaired) electrons. The highest BCUT2D eigenvalue weighted by Crippen LogP contribution is 2.16. The Morgan fingerprint density at radius 3 is 1.28 bits per heavy atom. The molecule has 0 saturated carbocycles. The Balaban J connectivity index is 4.94. The maximum absolute atomic E-state index is 13.2. The molecule has 0 saturated heterocycles.